The van der Waals surface area contributed by atoms with Crippen molar-refractivity contribution in [2.24, 2.45) is 0 Å². The average Bonchev–Trinajstić information content (AvgIpc) is 2.62. The Morgan fingerprint density at radius 1 is 1.04 bits per heavy atom. The van der Waals surface area contributed by atoms with Crippen LogP contribution in [-0.2, 0) is 16.4 Å². The molecule has 3 rings (SSSR count). The van der Waals surface area contributed by atoms with Gasteiger partial charge in [-0.2, -0.15) is 0 Å². The van der Waals surface area contributed by atoms with Crippen LogP contribution in [0.4, 0.5) is 5.69 Å². The number of nitrogens with one attached hydrogen (secondary N) is 1. The maximum atomic E-state index is 12.7. The Kier molecular flexibility index (Phi) is 6.27. The first-order valence-corrected chi connectivity index (χ1v) is 10.7. The zero-order chi connectivity index (χ0) is 19.4. The van der Waals surface area contributed by atoms with Gasteiger partial charge in [-0.25, -0.2) is 8.42 Å². The molecule has 0 radical (unpaired) electrons. The van der Waals surface area contributed by atoms with Gasteiger partial charge >= 0.3 is 0 Å². The number of halogens is 2. The maximum Gasteiger partial charge on any atom is 0.258 e. The molecule has 0 heterocycles. The van der Waals surface area contributed by atoms with Gasteiger partial charge in [-0.3, -0.25) is 4.72 Å². The largest absolute Gasteiger partial charge is 0.396 e. The molecule has 142 valence electrons. The van der Waals surface area contributed by atoms with Crippen LogP contribution in [-0.4, -0.2) is 20.1 Å². The van der Waals surface area contributed by atoms with Crippen molar-refractivity contribution in [1.82, 2.24) is 0 Å². The van der Waals surface area contributed by atoms with Crippen molar-refractivity contribution >= 4 is 44.5 Å². The van der Waals surface area contributed by atoms with Crippen LogP contribution in [0.15, 0.2) is 59.5 Å². The number of hydrogen-bond acceptors (Lipinski definition) is 3. The second-order valence-corrected chi connectivity index (χ2v) is 8.81. The summed E-state index contributed by atoms with van der Waals surface area (Å²) in [6.07, 6.45) is 4.83. The number of benzene rings is 2. The highest BCUT2D eigenvalue weighted by Gasteiger charge is 2.21. The lowest BCUT2D eigenvalue weighted by Crippen LogP contribution is -2.16. The molecule has 7 heteroatoms. The van der Waals surface area contributed by atoms with E-state index in [-0.39, 0.29) is 6.61 Å². The lowest BCUT2D eigenvalue weighted by Gasteiger charge is -2.17. The molecule has 2 aromatic rings. The van der Waals surface area contributed by atoms with E-state index in [1.165, 1.54) is 0 Å². The average molecular weight is 424 g/mol. The van der Waals surface area contributed by atoms with Gasteiger partial charge in [0.25, 0.3) is 10.0 Å². The summed E-state index contributed by atoms with van der Waals surface area (Å²) in [6.45, 7) is 0.0161. The zero-order valence-electron chi connectivity index (χ0n) is 14.5. The second-order valence-electron chi connectivity index (χ2n) is 6.23. The molecule has 1 aliphatic rings. The Hall–Kier alpha value is -1.79. The smallest absolute Gasteiger partial charge is 0.258 e. The molecular formula is C20H19Cl2NO3S. The normalized spacial score (nSPS) is 14.5. The van der Waals surface area contributed by atoms with E-state index in [2.05, 4.69) is 4.72 Å². The highest BCUT2D eigenvalue weighted by molar-refractivity contribution is 7.96. The van der Waals surface area contributed by atoms with Crippen molar-refractivity contribution in [3.05, 3.63) is 80.7 Å². The van der Waals surface area contributed by atoms with Gasteiger partial charge in [0.2, 0.25) is 0 Å². The van der Waals surface area contributed by atoms with Crippen molar-refractivity contribution in [2.75, 3.05) is 11.3 Å². The number of aliphatic hydroxyl groups is 1. The molecule has 0 bridgehead atoms. The number of rotatable bonds is 6. The summed E-state index contributed by atoms with van der Waals surface area (Å²) >= 11 is 12.2. The van der Waals surface area contributed by atoms with Crippen LogP contribution in [0, 0.1) is 0 Å². The van der Waals surface area contributed by atoms with Crippen LogP contribution in [0.25, 0.3) is 5.57 Å². The van der Waals surface area contributed by atoms with Crippen LogP contribution in [0.5, 0.6) is 0 Å². The third-order valence-electron chi connectivity index (χ3n) is 4.31. The van der Waals surface area contributed by atoms with E-state index in [0.717, 1.165) is 16.7 Å². The summed E-state index contributed by atoms with van der Waals surface area (Å²) < 4.78 is 28.0. The number of allylic oxidation sites excluding steroid dienone is 4. The van der Waals surface area contributed by atoms with Crippen LogP contribution < -0.4 is 4.72 Å². The van der Waals surface area contributed by atoms with Gasteiger partial charge in [0.15, 0.2) is 0 Å². The summed E-state index contributed by atoms with van der Waals surface area (Å²) in [7, 11) is -3.64. The lowest BCUT2D eigenvalue weighted by molar-refractivity contribution is 0.299. The molecule has 0 fully saturated rings. The van der Waals surface area contributed by atoms with Crippen molar-refractivity contribution in [1.29, 1.82) is 0 Å². The Bertz CT molecular complexity index is 1010. The predicted molar refractivity (Wildman–Crippen MR) is 112 cm³/mol. The third-order valence-corrected chi connectivity index (χ3v) is 6.40. The number of hydrogen-bond donors (Lipinski definition) is 2. The van der Waals surface area contributed by atoms with Crippen molar-refractivity contribution in [2.45, 2.75) is 19.3 Å². The number of sulfonamides is 1. The Morgan fingerprint density at radius 2 is 1.85 bits per heavy atom. The van der Waals surface area contributed by atoms with Crippen molar-refractivity contribution in [3.63, 3.8) is 0 Å². The fourth-order valence-electron chi connectivity index (χ4n) is 2.96. The van der Waals surface area contributed by atoms with E-state index in [0.29, 0.717) is 39.9 Å². The molecule has 2 N–H and O–H groups in total. The lowest BCUT2D eigenvalue weighted by atomic mass is 9.97. The minimum absolute atomic E-state index is 0.0161. The number of aliphatic hydroxyl groups excluding tert-OH is 1. The molecule has 27 heavy (non-hydrogen) atoms. The van der Waals surface area contributed by atoms with E-state index in [1.807, 2.05) is 12.1 Å². The van der Waals surface area contributed by atoms with Gasteiger partial charge in [0.05, 0.1) is 4.91 Å². The van der Waals surface area contributed by atoms with Crippen LogP contribution in [0.1, 0.15) is 24.0 Å². The summed E-state index contributed by atoms with van der Waals surface area (Å²) in [5.74, 6) is 0. The van der Waals surface area contributed by atoms with Gasteiger partial charge < -0.3 is 5.11 Å². The van der Waals surface area contributed by atoms with E-state index in [1.54, 1.807) is 42.5 Å². The minimum Gasteiger partial charge on any atom is -0.396 e. The Morgan fingerprint density at radius 3 is 2.52 bits per heavy atom. The highest BCUT2D eigenvalue weighted by atomic mass is 35.5. The van der Waals surface area contributed by atoms with E-state index < -0.39 is 10.0 Å². The fourth-order valence-corrected chi connectivity index (χ4v) is 4.67. The molecule has 0 saturated heterocycles. The standard InChI is InChI=1S/C20H19Cl2NO3S/c21-16-6-9-19(20(22)13-16)15-4-7-18(8-5-15)27(25,26)23-17-3-1-2-14(12-17)10-11-24/h1-4,6-7,9,12-13,23-24H,5,8,10-11H2. The van der Waals surface area contributed by atoms with Gasteiger partial charge in [-0.1, -0.05) is 47.5 Å². The molecule has 1 aliphatic carbocycles. The SMILES string of the molecule is O=S(=O)(Nc1cccc(CCO)c1)C1=CC=C(c2ccc(Cl)cc2Cl)CC1. The summed E-state index contributed by atoms with van der Waals surface area (Å²) in [6, 6.07) is 12.3. The fraction of sp³-hybridized carbons (Fsp3) is 0.200. The topological polar surface area (TPSA) is 66.4 Å². The molecule has 0 spiro atoms. The molecular weight excluding hydrogens is 405 g/mol. The molecule has 0 atom stereocenters. The van der Waals surface area contributed by atoms with Gasteiger partial charge in [0, 0.05) is 22.3 Å². The molecule has 0 aliphatic heterocycles. The van der Waals surface area contributed by atoms with E-state index in [4.69, 9.17) is 28.3 Å². The first-order chi connectivity index (χ1) is 12.9. The first-order valence-electron chi connectivity index (χ1n) is 8.47. The van der Waals surface area contributed by atoms with E-state index >= 15 is 0 Å². The summed E-state index contributed by atoms with van der Waals surface area (Å²) in [4.78, 5) is 0.323. The number of anilines is 1. The maximum absolute atomic E-state index is 12.7. The molecule has 0 amide bonds. The summed E-state index contributed by atoms with van der Waals surface area (Å²) in [5, 5.41) is 10.1. The summed E-state index contributed by atoms with van der Waals surface area (Å²) in [5.41, 5.74) is 3.19. The second kappa shape index (κ2) is 8.48. The molecule has 2 aromatic carbocycles. The molecule has 0 aromatic heterocycles. The van der Waals surface area contributed by atoms with Crippen molar-refractivity contribution in [3.8, 4) is 0 Å². The molecule has 0 unspecified atom stereocenters. The van der Waals surface area contributed by atoms with Crippen LogP contribution in [0.2, 0.25) is 10.0 Å². The molecule has 4 nitrogen and oxygen atoms in total. The van der Waals surface area contributed by atoms with Gasteiger partial charge in [0.1, 0.15) is 0 Å². The van der Waals surface area contributed by atoms with E-state index in [9.17, 15) is 8.42 Å². The molecule has 0 saturated carbocycles. The van der Waals surface area contributed by atoms with Crippen molar-refractivity contribution < 1.29 is 13.5 Å². The minimum atomic E-state index is -3.64. The monoisotopic (exact) mass is 423 g/mol. The quantitative estimate of drug-likeness (QED) is 0.684. The van der Waals surface area contributed by atoms with Crippen LogP contribution in [0.3, 0.4) is 0 Å². The van der Waals surface area contributed by atoms with Gasteiger partial charge in [-0.15, -0.1) is 0 Å². The van der Waals surface area contributed by atoms with Gasteiger partial charge in [-0.05, 0) is 66.3 Å². The zero-order valence-corrected chi connectivity index (χ0v) is 16.8. The predicted octanol–water partition coefficient (Wildman–Crippen LogP) is 5.03. The highest BCUT2D eigenvalue weighted by Crippen LogP contribution is 2.34. The Balaban J connectivity index is 1.81. The Labute approximate surface area is 169 Å². The first kappa shape index (κ1) is 20.0. The van der Waals surface area contributed by atoms with Crippen LogP contribution >= 0.6 is 23.2 Å². The third kappa shape index (κ3) is 4.93.